The van der Waals surface area contributed by atoms with E-state index >= 15 is 0 Å². The van der Waals surface area contributed by atoms with Gasteiger partial charge in [-0.25, -0.2) is 0 Å². The summed E-state index contributed by atoms with van der Waals surface area (Å²) in [4.78, 5) is 0. The molecule has 114 valence electrons. The standard InChI is InChI=1S/C14H21Cl3O2Si/c1-9-10(2)14(19-5)12(11(3)13(9)18-4)7-6-8-20(15,16)17/h6-8H2,1-5H3. The van der Waals surface area contributed by atoms with Crippen molar-refractivity contribution in [2.75, 3.05) is 14.2 Å². The van der Waals surface area contributed by atoms with Crippen molar-refractivity contribution in [3.05, 3.63) is 22.3 Å². The molecule has 0 aromatic heterocycles. The topological polar surface area (TPSA) is 18.5 Å². The normalized spacial score (nSPS) is 11.6. The zero-order valence-electron chi connectivity index (χ0n) is 12.6. The first-order valence-electron chi connectivity index (χ1n) is 6.50. The zero-order chi connectivity index (χ0) is 15.5. The molecule has 0 amide bonds. The number of hydrogen-bond donors (Lipinski definition) is 0. The lowest BCUT2D eigenvalue weighted by molar-refractivity contribution is 0.390. The minimum atomic E-state index is -2.56. The highest BCUT2D eigenvalue weighted by Gasteiger charge is 2.25. The lowest BCUT2D eigenvalue weighted by Crippen LogP contribution is -2.10. The second kappa shape index (κ2) is 7.26. The molecule has 0 heterocycles. The molecule has 1 aromatic rings. The fraction of sp³-hybridized carbons (Fsp3) is 0.571. The van der Waals surface area contributed by atoms with Gasteiger partial charge in [0.15, 0.2) is 0 Å². The Labute approximate surface area is 136 Å². The van der Waals surface area contributed by atoms with E-state index < -0.39 is 6.00 Å². The van der Waals surface area contributed by atoms with Crippen molar-refractivity contribution in [1.82, 2.24) is 0 Å². The van der Waals surface area contributed by atoms with Crippen LogP contribution in [0.3, 0.4) is 0 Å². The van der Waals surface area contributed by atoms with Crippen molar-refractivity contribution in [1.29, 1.82) is 0 Å². The fourth-order valence-corrected chi connectivity index (χ4v) is 4.28. The highest BCUT2D eigenvalue weighted by molar-refractivity contribution is 7.64. The Morgan fingerprint density at radius 2 is 1.35 bits per heavy atom. The summed E-state index contributed by atoms with van der Waals surface area (Å²) in [7, 11) is 3.39. The summed E-state index contributed by atoms with van der Waals surface area (Å²) < 4.78 is 11.1. The van der Waals surface area contributed by atoms with E-state index in [1.54, 1.807) is 14.2 Å². The van der Waals surface area contributed by atoms with Crippen molar-refractivity contribution < 1.29 is 9.47 Å². The second-order valence-electron chi connectivity index (χ2n) is 4.89. The van der Waals surface area contributed by atoms with Gasteiger partial charge in [0.25, 0.3) is 0 Å². The monoisotopic (exact) mass is 354 g/mol. The van der Waals surface area contributed by atoms with Gasteiger partial charge >= 0.3 is 6.00 Å². The Hall–Kier alpha value is -0.0931. The predicted octanol–water partition coefficient (Wildman–Crippen LogP) is 5.22. The Kier molecular flexibility index (Phi) is 6.51. The number of rotatable bonds is 6. The van der Waals surface area contributed by atoms with E-state index in [1.807, 2.05) is 13.8 Å². The largest absolute Gasteiger partial charge is 0.496 e. The van der Waals surface area contributed by atoms with Crippen LogP contribution in [0.4, 0.5) is 0 Å². The van der Waals surface area contributed by atoms with Gasteiger partial charge in [0.05, 0.1) is 14.2 Å². The molecule has 0 aliphatic rings. The molecule has 0 N–H and O–H groups in total. The molecule has 0 unspecified atom stereocenters. The van der Waals surface area contributed by atoms with E-state index in [2.05, 4.69) is 6.92 Å². The van der Waals surface area contributed by atoms with E-state index in [0.29, 0.717) is 6.04 Å². The summed E-state index contributed by atoms with van der Waals surface area (Å²) in [6.07, 6.45) is 1.67. The van der Waals surface area contributed by atoms with Crippen molar-refractivity contribution >= 4 is 39.2 Å². The molecular formula is C14H21Cl3O2Si. The maximum absolute atomic E-state index is 5.94. The number of benzene rings is 1. The smallest absolute Gasteiger partial charge is 0.341 e. The van der Waals surface area contributed by atoms with Gasteiger partial charge in [0, 0.05) is 5.56 Å². The Morgan fingerprint density at radius 3 is 1.80 bits per heavy atom. The molecule has 0 saturated heterocycles. The number of methoxy groups -OCH3 is 2. The Morgan fingerprint density at radius 1 is 0.850 bits per heavy atom. The van der Waals surface area contributed by atoms with E-state index in [4.69, 9.17) is 42.7 Å². The number of ether oxygens (including phenoxy) is 2. The van der Waals surface area contributed by atoms with Crippen molar-refractivity contribution in [3.63, 3.8) is 0 Å². The molecule has 0 radical (unpaired) electrons. The highest BCUT2D eigenvalue weighted by Crippen LogP contribution is 2.39. The van der Waals surface area contributed by atoms with Crippen LogP contribution in [0.15, 0.2) is 0 Å². The second-order valence-corrected chi connectivity index (χ2v) is 14.2. The first-order valence-corrected chi connectivity index (χ1v) is 11.7. The Bertz CT molecular complexity index is 485. The molecule has 0 bridgehead atoms. The van der Waals surface area contributed by atoms with Gasteiger partial charge in [-0.3, -0.25) is 0 Å². The molecule has 6 heteroatoms. The summed E-state index contributed by atoms with van der Waals surface area (Å²) in [5, 5.41) is 0. The molecule has 20 heavy (non-hydrogen) atoms. The van der Waals surface area contributed by atoms with Crippen LogP contribution in [0.1, 0.15) is 28.7 Å². The zero-order valence-corrected chi connectivity index (χ0v) is 15.8. The number of halogens is 3. The summed E-state index contributed by atoms with van der Waals surface area (Å²) in [6.45, 7) is 6.14. The average Bonchev–Trinajstić information content (AvgIpc) is 2.35. The molecule has 0 saturated carbocycles. The van der Waals surface area contributed by atoms with Crippen LogP contribution in [0, 0.1) is 20.8 Å². The van der Waals surface area contributed by atoms with E-state index in [9.17, 15) is 0 Å². The van der Waals surface area contributed by atoms with E-state index in [-0.39, 0.29) is 0 Å². The predicted molar refractivity (Wildman–Crippen MR) is 90.2 cm³/mol. The van der Waals surface area contributed by atoms with Gasteiger partial charge in [-0.15, -0.1) is 33.2 Å². The van der Waals surface area contributed by atoms with E-state index in [0.717, 1.165) is 46.6 Å². The maximum atomic E-state index is 5.94. The molecule has 0 spiro atoms. The Balaban J connectivity index is 3.14. The van der Waals surface area contributed by atoms with Crippen LogP contribution in [0.5, 0.6) is 11.5 Å². The molecule has 1 aromatic carbocycles. The van der Waals surface area contributed by atoms with Gasteiger partial charge in [0.2, 0.25) is 0 Å². The van der Waals surface area contributed by atoms with Crippen LogP contribution >= 0.6 is 33.2 Å². The summed E-state index contributed by atoms with van der Waals surface area (Å²) in [5.41, 5.74) is 4.48. The van der Waals surface area contributed by atoms with Gasteiger partial charge in [-0.1, -0.05) is 0 Å². The minimum absolute atomic E-state index is 0.648. The van der Waals surface area contributed by atoms with Crippen LogP contribution < -0.4 is 9.47 Å². The van der Waals surface area contributed by atoms with Gasteiger partial charge in [-0.05, 0) is 56.3 Å². The maximum Gasteiger partial charge on any atom is 0.341 e. The molecule has 0 fully saturated rings. The third kappa shape index (κ3) is 4.20. The summed E-state index contributed by atoms with van der Waals surface area (Å²) in [6, 6.07) is -1.91. The van der Waals surface area contributed by atoms with Crippen molar-refractivity contribution in [2.24, 2.45) is 0 Å². The molecular weight excluding hydrogens is 335 g/mol. The number of hydrogen-bond acceptors (Lipinski definition) is 2. The first kappa shape index (κ1) is 18.0. The highest BCUT2D eigenvalue weighted by atomic mass is 35.8. The van der Waals surface area contributed by atoms with Crippen LogP contribution in [-0.4, -0.2) is 20.2 Å². The minimum Gasteiger partial charge on any atom is -0.496 e. The van der Waals surface area contributed by atoms with Gasteiger partial charge in [-0.2, -0.15) is 0 Å². The molecule has 0 aliphatic carbocycles. The molecule has 0 aliphatic heterocycles. The summed E-state index contributed by atoms with van der Waals surface area (Å²) in [5.74, 6) is 1.84. The fourth-order valence-electron chi connectivity index (χ4n) is 2.50. The average molecular weight is 356 g/mol. The third-order valence-electron chi connectivity index (χ3n) is 3.61. The van der Waals surface area contributed by atoms with Crippen molar-refractivity contribution in [3.8, 4) is 11.5 Å². The molecule has 0 atom stereocenters. The van der Waals surface area contributed by atoms with Crippen LogP contribution in [0.25, 0.3) is 0 Å². The van der Waals surface area contributed by atoms with Gasteiger partial charge < -0.3 is 9.47 Å². The third-order valence-corrected chi connectivity index (χ3v) is 6.23. The lowest BCUT2D eigenvalue weighted by Gasteiger charge is -2.20. The van der Waals surface area contributed by atoms with Crippen LogP contribution in [-0.2, 0) is 6.42 Å². The molecule has 2 nitrogen and oxygen atoms in total. The van der Waals surface area contributed by atoms with E-state index in [1.165, 1.54) is 0 Å². The van der Waals surface area contributed by atoms with Crippen molar-refractivity contribution in [2.45, 2.75) is 39.7 Å². The summed E-state index contributed by atoms with van der Waals surface area (Å²) >= 11 is 17.8. The van der Waals surface area contributed by atoms with Gasteiger partial charge in [0.1, 0.15) is 11.5 Å². The SMILES string of the molecule is COc1c(C)c(C)c(OC)c(CCC[Si](Cl)(Cl)Cl)c1C. The molecule has 1 rings (SSSR count). The van der Waals surface area contributed by atoms with Crippen LogP contribution in [0.2, 0.25) is 6.04 Å². The lowest BCUT2D eigenvalue weighted by atomic mass is 9.94. The quantitative estimate of drug-likeness (QED) is 0.514. The first-order chi connectivity index (χ1) is 9.22.